The van der Waals surface area contributed by atoms with Crippen molar-refractivity contribution in [2.45, 2.75) is 25.5 Å². The van der Waals surface area contributed by atoms with Crippen LogP contribution < -0.4 is 10.1 Å². The summed E-state index contributed by atoms with van der Waals surface area (Å²) in [5, 5.41) is 2.87. The van der Waals surface area contributed by atoms with E-state index in [1.54, 1.807) is 24.9 Å². The average Bonchev–Trinajstić information content (AvgIpc) is 2.28. The normalized spacial score (nSPS) is 11.2. The van der Waals surface area contributed by atoms with Gasteiger partial charge in [0, 0.05) is 15.3 Å². The molecular weight excluding hydrogens is 314 g/mol. The maximum absolute atomic E-state index is 11.8. The highest BCUT2D eigenvalue weighted by Gasteiger charge is 2.14. The van der Waals surface area contributed by atoms with E-state index in [0.29, 0.717) is 5.75 Å². The summed E-state index contributed by atoms with van der Waals surface area (Å²) in [6, 6.07) is 5.48. The Morgan fingerprint density at radius 1 is 1.44 bits per heavy atom. The smallest absolute Gasteiger partial charge is 0.234 e. The zero-order valence-corrected chi connectivity index (χ0v) is 13.4. The van der Waals surface area contributed by atoms with Crippen molar-refractivity contribution in [1.29, 1.82) is 0 Å². The molecule has 0 heterocycles. The summed E-state index contributed by atoms with van der Waals surface area (Å²) >= 11 is 5.02. The maximum atomic E-state index is 11.8. The van der Waals surface area contributed by atoms with Crippen molar-refractivity contribution in [2.24, 2.45) is 0 Å². The maximum Gasteiger partial charge on any atom is 0.234 e. The second kappa shape index (κ2) is 6.48. The summed E-state index contributed by atoms with van der Waals surface area (Å²) < 4.78 is 6.06. The Labute approximate surface area is 121 Å². The molecule has 1 amide bonds. The SMILES string of the molecule is COc1ccc(Br)c(NC(=O)CSC(C)(C)C)c1. The molecule has 3 nitrogen and oxygen atoms in total. The van der Waals surface area contributed by atoms with Crippen LogP contribution in [0.3, 0.4) is 0 Å². The molecule has 0 radical (unpaired) electrons. The molecule has 0 saturated carbocycles. The molecule has 5 heteroatoms. The fourth-order valence-corrected chi connectivity index (χ4v) is 2.18. The number of nitrogens with one attached hydrogen (secondary N) is 1. The second-order valence-corrected chi connectivity index (χ2v) is 7.45. The summed E-state index contributed by atoms with van der Waals surface area (Å²) in [6.07, 6.45) is 0. The van der Waals surface area contributed by atoms with Crippen molar-refractivity contribution in [3.8, 4) is 5.75 Å². The summed E-state index contributed by atoms with van der Waals surface area (Å²) in [7, 11) is 1.60. The number of rotatable bonds is 4. The minimum Gasteiger partial charge on any atom is -0.497 e. The molecule has 0 aliphatic rings. The molecule has 1 rings (SSSR count). The van der Waals surface area contributed by atoms with E-state index in [9.17, 15) is 4.79 Å². The van der Waals surface area contributed by atoms with Gasteiger partial charge in [-0.05, 0) is 28.1 Å². The lowest BCUT2D eigenvalue weighted by Crippen LogP contribution is -2.19. The molecule has 0 aliphatic heterocycles. The molecule has 100 valence electrons. The summed E-state index contributed by atoms with van der Waals surface area (Å²) in [5.74, 6) is 1.15. The molecular formula is C13H18BrNO2S. The number of hydrogen-bond donors (Lipinski definition) is 1. The first kappa shape index (κ1) is 15.4. The standard InChI is InChI=1S/C13H18BrNO2S/c1-13(2,3)18-8-12(16)15-11-7-9(17-4)5-6-10(11)14/h5-7H,8H2,1-4H3,(H,15,16). The third kappa shape index (κ3) is 5.31. The van der Waals surface area contributed by atoms with Crippen molar-refractivity contribution < 1.29 is 9.53 Å². The largest absolute Gasteiger partial charge is 0.497 e. The Bertz CT molecular complexity index is 429. The molecule has 0 saturated heterocycles. The molecule has 0 aliphatic carbocycles. The quantitative estimate of drug-likeness (QED) is 0.908. The Morgan fingerprint density at radius 2 is 2.11 bits per heavy atom. The monoisotopic (exact) mass is 331 g/mol. The number of thioether (sulfide) groups is 1. The number of anilines is 1. The van der Waals surface area contributed by atoms with Gasteiger partial charge in [-0.25, -0.2) is 0 Å². The van der Waals surface area contributed by atoms with Gasteiger partial charge in [0.05, 0.1) is 18.6 Å². The van der Waals surface area contributed by atoms with E-state index < -0.39 is 0 Å². The van der Waals surface area contributed by atoms with Crippen LogP contribution in [0, 0.1) is 0 Å². The van der Waals surface area contributed by atoms with E-state index in [0.717, 1.165) is 15.9 Å². The predicted octanol–water partition coefficient (Wildman–Crippen LogP) is 3.93. The van der Waals surface area contributed by atoms with Gasteiger partial charge in [0.25, 0.3) is 0 Å². The van der Waals surface area contributed by atoms with Crippen molar-refractivity contribution in [3.63, 3.8) is 0 Å². The van der Waals surface area contributed by atoms with Crippen molar-refractivity contribution >= 4 is 39.3 Å². The van der Waals surface area contributed by atoms with Crippen molar-refractivity contribution in [3.05, 3.63) is 22.7 Å². The first-order valence-corrected chi connectivity index (χ1v) is 7.37. The predicted molar refractivity (Wildman–Crippen MR) is 81.5 cm³/mol. The van der Waals surface area contributed by atoms with Gasteiger partial charge >= 0.3 is 0 Å². The molecule has 18 heavy (non-hydrogen) atoms. The van der Waals surface area contributed by atoms with Gasteiger partial charge in [0.15, 0.2) is 0 Å². The Balaban J connectivity index is 2.64. The van der Waals surface area contributed by atoms with Crippen LogP contribution in [-0.2, 0) is 4.79 Å². The second-order valence-electron chi connectivity index (χ2n) is 4.80. The van der Waals surface area contributed by atoms with E-state index >= 15 is 0 Å². The van der Waals surface area contributed by atoms with Crippen LogP contribution in [0.4, 0.5) is 5.69 Å². The Kier molecular flexibility index (Phi) is 5.53. The zero-order valence-electron chi connectivity index (χ0n) is 11.0. The number of methoxy groups -OCH3 is 1. The molecule has 0 bridgehead atoms. The number of ether oxygens (including phenoxy) is 1. The fraction of sp³-hybridized carbons (Fsp3) is 0.462. The fourth-order valence-electron chi connectivity index (χ4n) is 1.20. The van der Waals surface area contributed by atoms with Gasteiger partial charge in [-0.15, -0.1) is 11.8 Å². The minimum atomic E-state index is -0.0103. The number of carbonyl (C=O) groups is 1. The minimum absolute atomic E-state index is 0.0103. The van der Waals surface area contributed by atoms with E-state index in [4.69, 9.17) is 4.74 Å². The lowest BCUT2D eigenvalue weighted by Gasteiger charge is -2.17. The van der Waals surface area contributed by atoms with Crippen molar-refractivity contribution in [2.75, 3.05) is 18.2 Å². The highest BCUT2D eigenvalue weighted by atomic mass is 79.9. The average molecular weight is 332 g/mol. The lowest BCUT2D eigenvalue weighted by atomic mass is 10.3. The van der Waals surface area contributed by atoms with Gasteiger partial charge in [0.1, 0.15) is 5.75 Å². The molecule has 1 N–H and O–H groups in total. The molecule has 0 fully saturated rings. The summed E-state index contributed by atoms with van der Waals surface area (Å²) in [4.78, 5) is 11.8. The molecule has 0 unspecified atom stereocenters. The van der Waals surface area contributed by atoms with Crippen LogP contribution in [0.1, 0.15) is 20.8 Å². The Morgan fingerprint density at radius 3 is 2.67 bits per heavy atom. The highest BCUT2D eigenvalue weighted by molar-refractivity contribution is 9.10. The van der Waals surface area contributed by atoms with E-state index in [1.807, 2.05) is 12.1 Å². The molecule has 1 aromatic carbocycles. The lowest BCUT2D eigenvalue weighted by molar-refractivity contribution is -0.113. The first-order chi connectivity index (χ1) is 8.31. The third-order valence-corrected chi connectivity index (χ3v) is 4.05. The molecule has 1 aromatic rings. The molecule has 0 atom stereocenters. The summed E-state index contributed by atoms with van der Waals surface area (Å²) in [6.45, 7) is 6.27. The van der Waals surface area contributed by atoms with Crippen LogP contribution in [-0.4, -0.2) is 23.5 Å². The summed E-state index contributed by atoms with van der Waals surface area (Å²) in [5.41, 5.74) is 0.730. The zero-order chi connectivity index (χ0) is 13.8. The van der Waals surface area contributed by atoms with Crippen LogP contribution in [0.5, 0.6) is 5.75 Å². The van der Waals surface area contributed by atoms with Gasteiger partial charge in [-0.1, -0.05) is 20.8 Å². The van der Waals surface area contributed by atoms with Gasteiger partial charge in [-0.3, -0.25) is 4.79 Å². The first-order valence-electron chi connectivity index (χ1n) is 5.59. The molecule has 0 aromatic heterocycles. The van der Waals surface area contributed by atoms with Crippen LogP contribution in [0.25, 0.3) is 0 Å². The van der Waals surface area contributed by atoms with Crippen LogP contribution in [0.2, 0.25) is 0 Å². The highest BCUT2D eigenvalue weighted by Crippen LogP contribution is 2.28. The molecule has 0 spiro atoms. The Hall–Kier alpha value is -0.680. The number of halogens is 1. The van der Waals surface area contributed by atoms with E-state index in [-0.39, 0.29) is 10.7 Å². The number of amides is 1. The van der Waals surface area contributed by atoms with Gasteiger partial charge < -0.3 is 10.1 Å². The number of benzene rings is 1. The van der Waals surface area contributed by atoms with Crippen molar-refractivity contribution in [1.82, 2.24) is 0 Å². The van der Waals surface area contributed by atoms with Gasteiger partial charge in [-0.2, -0.15) is 0 Å². The topological polar surface area (TPSA) is 38.3 Å². The van der Waals surface area contributed by atoms with Gasteiger partial charge in [0.2, 0.25) is 5.91 Å². The van der Waals surface area contributed by atoms with Crippen LogP contribution in [0.15, 0.2) is 22.7 Å². The van der Waals surface area contributed by atoms with E-state index in [1.165, 1.54) is 0 Å². The number of hydrogen-bond acceptors (Lipinski definition) is 3. The van der Waals surface area contributed by atoms with Crippen LogP contribution >= 0.6 is 27.7 Å². The third-order valence-electron chi connectivity index (χ3n) is 2.08. The number of carbonyl (C=O) groups excluding carboxylic acids is 1. The van der Waals surface area contributed by atoms with E-state index in [2.05, 4.69) is 42.0 Å².